The Kier molecular flexibility index (Phi) is 4.59. The van der Waals surface area contributed by atoms with Crippen LogP contribution in [0.4, 0.5) is 5.13 Å². The first kappa shape index (κ1) is 13.6. The van der Waals surface area contributed by atoms with Gasteiger partial charge in [-0.2, -0.15) is 0 Å². The summed E-state index contributed by atoms with van der Waals surface area (Å²) in [6, 6.07) is 8.18. The SMILES string of the molecule is CCc1ccc(-c2nnc(NC(=O)CCN)s2)cc1. The van der Waals surface area contributed by atoms with Crippen molar-refractivity contribution in [2.75, 3.05) is 11.9 Å². The molecule has 0 aliphatic heterocycles. The van der Waals surface area contributed by atoms with Crippen molar-refractivity contribution in [3.8, 4) is 10.6 Å². The van der Waals surface area contributed by atoms with Gasteiger partial charge in [0.2, 0.25) is 11.0 Å². The van der Waals surface area contributed by atoms with Crippen LogP contribution in [0.5, 0.6) is 0 Å². The van der Waals surface area contributed by atoms with E-state index < -0.39 is 0 Å². The summed E-state index contributed by atoms with van der Waals surface area (Å²) in [6.45, 7) is 2.45. The fourth-order valence-electron chi connectivity index (χ4n) is 1.59. The lowest BCUT2D eigenvalue weighted by Crippen LogP contribution is -2.15. The molecule has 100 valence electrons. The van der Waals surface area contributed by atoms with Gasteiger partial charge in [-0.05, 0) is 12.0 Å². The number of nitrogens with two attached hydrogens (primary N) is 1. The summed E-state index contributed by atoms with van der Waals surface area (Å²) in [7, 11) is 0. The molecule has 1 amide bonds. The smallest absolute Gasteiger partial charge is 0.227 e. The molecule has 0 unspecified atom stereocenters. The minimum absolute atomic E-state index is 0.133. The van der Waals surface area contributed by atoms with E-state index >= 15 is 0 Å². The van der Waals surface area contributed by atoms with Crippen molar-refractivity contribution in [1.82, 2.24) is 10.2 Å². The van der Waals surface area contributed by atoms with Crippen LogP contribution in [0.1, 0.15) is 18.9 Å². The number of hydrogen-bond acceptors (Lipinski definition) is 5. The zero-order valence-electron chi connectivity index (χ0n) is 10.7. The molecule has 0 saturated heterocycles. The molecule has 1 aromatic heterocycles. The lowest BCUT2D eigenvalue weighted by atomic mass is 10.1. The number of aryl methyl sites for hydroxylation is 1. The van der Waals surface area contributed by atoms with E-state index in [0.717, 1.165) is 17.0 Å². The lowest BCUT2D eigenvalue weighted by molar-refractivity contribution is -0.116. The molecular formula is C13H16N4OS. The van der Waals surface area contributed by atoms with Crippen molar-refractivity contribution in [1.29, 1.82) is 0 Å². The van der Waals surface area contributed by atoms with Gasteiger partial charge in [-0.1, -0.05) is 42.5 Å². The largest absolute Gasteiger partial charge is 0.330 e. The molecule has 6 heteroatoms. The van der Waals surface area contributed by atoms with Crippen LogP contribution in [0.15, 0.2) is 24.3 Å². The standard InChI is InChI=1S/C13H16N4OS/c1-2-9-3-5-10(6-4-9)12-16-17-13(19-12)15-11(18)7-8-14/h3-6H,2,7-8,14H2,1H3,(H,15,17,18). The molecule has 0 radical (unpaired) electrons. The maximum Gasteiger partial charge on any atom is 0.227 e. The zero-order chi connectivity index (χ0) is 13.7. The number of aromatic nitrogens is 2. The summed E-state index contributed by atoms with van der Waals surface area (Å²) in [5.41, 5.74) is 7.60. The number of benzene rings is 1. The van der Waals surface area contributed by atoms with Gasteiger partial charge in [0.25, 0.3) is 0 Å². The van der Waals surface area contributed by atoms with Crippen LogP contribution in [0.2, 0.25) is 0 Å². The van der Waals surface area contributed by atoms with Crippen LogP contribution in [-0.2, 0) is 11.2 Å². The van der Waals surface area contributed by atoms with Crippen molar-refractivity contribution < 1.29 is 4.79 Å². The Hall–Kier alpha value is -1.79. The quantitative estimate of drug-likeness (QED) is 0.875. The van der Waals surface area contributed by atoms with Crippen molar-refractivity contribution in [3.63, 3.8) is 0 Å². The minimum atomic E-state index is -0.133. The Morgan fingerprint density at radius 3 is 2.68 bits per heavy atom. The first-order valence-electron chi connectivity index (χ1n) is 6.15. The third-order valence-corrected chi connectivity index (χ3v) is 3.54. The van der Waals surface area contributed by atoms with Gasteiger partial charge in [-0.25, -0.2) is 0 Å². The van der Waals surface area contributed by atoms with Crippen LogP contribution in [-0.4, -0.2) is 22.6 Å². The molecule has 1 heterocycles. The Labute approximate surface area is 115 Å². The highest BCUT2D eigenvalue weighted by molar-refractivity contribution is 7.18. The van der Waals surface area contributed by atoms with E-state index in [0.29, 0.717) is 18.1 Å². The van der Waals surface area contributed by atoms with E-state index in [-0.39, 0.29) is 5.91 Å². The van der Waals surface area contributed by atoms with Crippen LogP contribution in [0.3, 0.4) is 0 Å². The highest BCUT2D eigenvalue weighted by Gasteiger charge is 2.09. The van der Waals surface area contributed by atoms with Gasteiger partial charge in [0.05, 0.1) is 0 Å². The van der Waals surface area contributed by atoms with E-state index in [9.17, 15) is 4.79 Å². The Morgan fingerprint density at radius 1 is 1.32 bits per heavy atom. The second-order valence-electron chi connectivity index (χ2n) is 4.05. The molecule has 0 atom stereocenters. The predicted molar refractivity (Wildman–Crippen MR) is 77.0 cm³/mol. The van der Waals surface area contributed by atoms with E-state index in [2.05, 4.69) is 34.6 Å². The maximum atomic E-state index is 11.4. The average molecular weight is 276 g/mol. The minimum Gasteiger partial charge on any atom is -0.330 e. The molecule has 0 spiro atoms. The Bertz CT molecular complexity index is 550. The fraction of sp³-hybridized carbons (Fsp3) is 0.308. The molecule has 0 fully saturated rings. The topological polar surface area (TPSA) is 80.9 Å². The first-order valence-corrected chi connectivity index (χ1v) is 6.97. The van der Waals surface area contributed by atoms with Crippen molar-refractivity contribution in [3.05, 3.63) is 29.8 Å². The van der Waals surface area contributed by atoms with Crippen molar-refractivity contribution in [2.45, 2.75) is 19.8 Å². The number of anilines is 1. The van der Waals surface area contributed by atoms with Gasteiger partial charge in [0, 0.05) is 18.5 Å². The number of nitrogens with zero attached hydrogens (tertiary/aromatic N) is 2. The third-order valence-electron chi connectivity index (χ3n) is 2.65. The number of hydrogen-bond donors (Lipinski definition) is 2. The molecule has 0 aliphatic carbocycles. The highest BCUT2D eigenvalue weighted by Crippen LogP contribution is 2.26. The van der Waals surface area contributed by atoms with Crippen LogP contribution in [0, 0.1) is 0 Å². The summed E-state index contributed by atoms with van der Waals surface area (Å²) in [6.07, 6.45) is 1.30. The second kappa shape index (κ2) is 6.40. The Morgan fingerprint density at radius 2 is 2.05 bits per heavy atom. The van der Waals surface area contributed by atoms with Gasteiger partial charge in [0.15, 0.2) is 0 Å². The number of carbonyl (C=O) groups excluding carboxylic acids is 1. The lowest BCUT2D eigenvalue weighted by Gasteiger charge is -1.98. The summed E-state index contributed by atoms with van der Waals surface area (Å²) in [4.78, 5) is 11.4. The summed E-state index contributed by atoms with van der Waals surface area (Å²) in [5.74, 6) is -0.133. The molecule has 0 bridgehead atoms. The molecule has 2 rings (SSSR count). The number of amides is 1. The van der Waals surface area contributed by atoms with Crippen LogP contribution >= 0.6 is 11.3 Å². The number of nitrogens with one attached hydrogen (secondary N) is 1. The van der Waals surface area contributed by atoms with E-state index in [1.807, 2.05) is 12.1 Å². The van der Waals surface area contributed by atoms with E-state index in [1.54, 1.807) is 0 Å². The zero-order valence-corrected chi connectivity index (χ0v) is 11.5. The molecular weight excluding hydrogens is 260 g/mol. The van der Waals surface area contributed by atoms with Gasteiger partial charge >= 0.3 is 0 Å². The molecule has 0 saturated carbocycles. The normalized spacial score (nSPS) is 10.4. The van der Waals surface area contributed by atoms with E-state index in [1.165, 1.54) is 16.9 Å². The summed E-state index contributed by atoms with van der Waals surface area (Å²) >= 11 is 1.36. The summed E-state index contributed by atoms with van der Waals surface area (Å²) < 4.78 is 0. The maximum absolute atomic E-state index is 11.4. The fourth-order valence-corrected chi connectivity index (χ4v) is 2.35. The summed E-state index contributed by atoms with van der Waals surface area (Å²) in [5, 5.41) is 12.0. The Balaban J connectivity index is 2.09. The first-order chi connectivity index (χ1) is 9.22. The number of rotatable bonds is 5. The molecule has 5 nitrogen and oxygen atoms in total. The van der Waals surface area contributed by atoms with Crippen molar-refractivity contribution in [2.24, 2.45) is 5.73 Å². The molecule has 1 aromatic carbocycles. The highest BCUT2D eigenvalue weighted by atomic mass is 32.1. The molecule has 2 aromatic rings. The van der Waals surface area contributed by atoms with Gasteiger partial charge in [0.1, 0.15) is 5.01 Å². The number of carbonyl (C=O) groups is 1. The van der Waals surface area contributed by atoms with Gasteiger partial charge in [-0.3, -0.25) is 4.79 Å². The van der Waals surface area contributed by atoms with E-state index in [4.69, 9.17) is 5.73 Å². The average Bonchev–Trinajstić information content (AvgIpc) is 2.87. The van der Waals surface area contributed by atoms with Crippen LogP contribution in [0.25, 0.3) is 10.6 Å². The van der Waals surface area contributed by atoms with Gasteiger partial charge in [-0.15, -0.1) is 10.2 Å². The van der Waals surface area contributed by atoms with Crippen LogP contribution < -0.4 is 11.1 Å². The molecule has 19 heavy (non-hydrogen) atoms. The monoisotopic (exact) mass is 276 g/mol. The second-order valence-corrected chi connectivity index (χ2v) is 5.03. The van der Waals surface area contributed by atoms with Crippen molar-refractivity contribution >= 4 is 22.4 Å². The molecule has 3 N–H and O–H groups in total. The predicted octanol–water partition coefficient (Wildman–Crippen LogP) is 2.05. The third kappa shape index (κ3) is 3.59. The van der Waals surface area contributed by atoms with Gasteiger partial charge < -0.3 is 11.1 Å². The molecule has 0 aliphatic rings.